The van der Waals surface area contributed by atoms with Crippen LogP contribution in [0.4, 0.5) is 13.2 Å². The first kappa shape index (κ1) is 23.1. The van der Waals surface area contributed by atoms with E-state index in [9.17, 15) is 22.8 Å². The fourth-order valence-electron chi connectivity index (χ4n) is 5.41. The minimum atomic E-state index is -4.36. The van der Waals surface area contributed by atoms with E-state index in [-0.39, 0.29) is 42.3 Å². The number of aryl methyl sites for hydroxylation is 1. The first-order chi connectivity index (χ1) is 15.1. The van der Waals surface area contributed by atoms with Gasteiger partial charge in [0.05, 0.1) is 30.4 Å². The molecule has 4 rings (SSSR count). The number of morpholine rings is 1. The molecule has 32 heavy (non-hydrogen) atoms. The Bertz CT molecular complexity index is 840. The summed E-state index contributed by atoms with van der Waals surface area (Å²) < 4.78 is 44.4. The van der Waals surface area contributed by atoms with Gasteiger partial charge in [-0.25, -0.2) is 0 Å². The lowest BCUT2D eigenvalue weighted by atomic mass is 9.81. The summed E-state index contributed by atoms with van der Waals surface area (Å²) in [6, 6.07) is 5.10. The van der Waals surface area contributed by atoms with Gasteiger partial charge in [-0.1, -0.05) is 26.0 Å². The zero-order valence-corrected chi connectivity index (χ0v) is 18.6. The summed E-state index contributed by atoms with van der Waals surface area (Å²) in [7, 11) is 0. The standard InChI is InChI=1S/C24H31F3N2O3/c1-15(2)19-14-32-20-11-12-28(13-17-6-10-22(31)29(19)23(17)20)21(30)9-5-16-3-7-18(8-4-16)24(25,26)27/h3-4,7-8,15,17,19-20,23H,5-6,9-14H2,1-2H3/t17-,19-,20?,23?/m1/s1. The number of alkyl halides is 3. The number of carbonyl (C=O) groups is 2. The van der Waals surface area contributed by atoms with E-state index in [4.69, 9.17) is 4.74 Å². The smallest absolute Gasteiger partial charge is 0.374 e. The van der Waals surface area contributed by atoms with Crippen molar-refractivity contribution >= 4 is 11.8 Å². The van der Waals surface area contributed by atoms with Crippen molar-refractivity contribution in [2.45, 2.75) is 70.3 Å². The third-order valence-electron chi connectivity index (χ3n) is 7.21. The Labute approximate surface area is 186 Å². The quantitative estimate of drug-likeness (QED) is 0.696. The number of hydrogen-bond donors (Lipinski definition) is 0. The largest absolute Gasteiger partial charge is 0.416 e. The Morgan fingerprint density at radius 3 is 2.56 bits per heavy atom. The highest BCUT2D eigenvalue weighted by Gasteiger charge is 2.49. The SMILES string of the molecule is CC(C)[C@H]1COC2CCN(C(=O)CCc3ccc(C(F)(F)F)cc3)C[C@H]3CCC(=O)N1C23. The second-order valence-corrected chi connectivity index (χ2v) is 9.60. The molecule has 3 heterocycles. The number of hydrogen-bond acceptors (Lipinski definition) is 3. The number of benzene rings is 1. The lowest BCUT2D eigenvalue weighted by Crippen LogP contribution is -2.65. The first-order valence-corrected chi connectivity index (χ1v) is 11.5. The predicted octanol–water partition coefficient (Wildman–Crippen LogP) is 3.90. The van der Waals surface area contributed by atoms with Gasteiger partial charge in [-0.3, -0.25) is 9.59 Å². The van der Waals surface area contributed by atoms with E-state index in [1.807, 2.05) is 4.90 Å². The van der Waals surface area contributed by atoms with Gasteiger partial charge in [0, 0.05) is 25.9 Å². The highest BCUT2D eigenvalue weighted by Crippen LogP contribution is 2.38. The Hall–Kier alpha value is -2.09. The maximum Gasteiger partial charge on any atom is 0.416 e. The molecule has 3 fully saturated rings. The van der Waals surface area contributed by atoms with Gasteiger partial charge in [0.1, 0.15) is 0 Å². The van der Waals surface area contributed by atoms with Crippen LogP contribution in [0.2, 0.25) is 0 Å². The van der Waals surface area contributed by atoms with Gasteiger partial charge < -0.3 is 14.5 Å². The summed E-state index contributed by atoms with van der Waals surface area (Å²) in [6.45, 7) is 5.94. The van der Waals surface area contributed by atoms with Gasteiger partial charge in [0.2, 0.25) is 11.8 Å². The molecule has 0 bridgehead atoms. The van der Waals surface area contributed by atoms with E-state index in [0.29, 0.717) is 50.4 Å². The number of rotatable bonds is 4. The molecule has 0 saturated carbocycles. The second kappa shape index (κ2) is 9.04. The normalized spacial score (nSPS) is 28.5. The van der Waals surface area contributed by atoms with Crippen LogP contribution < -0.4 is 0 Å². The maximum absolute atomic E-state index is 13.0. The predicted molar refractivity (Wildman–Crippen MR) is 113 cm³/mol. The van der Waals surface area contributed by atoms with Crippen molar-refractivity contribution in [1.82, 2.24) is 9.80 Å². The van der Waals surface area contributed by atoms with Crippen LogP contribution in [-0.2, 0) is 26.9 Å². The summed E-state index contributed by atoms with van der Waals surface area (Å²) in [6.07, 6.45) is -1.79. The number of likely N-dealkylation sites (tertiary alicyclic amines) is 1. The Morgan fingerprint density at radius 1 is 1.19 bits per heavy atom. The van der Waals surface area contributed by atoms with Gasteiger partial charge >= 0.3 is 6.18 Å². The Morgan fingerprint density at radius 2 is 1.91 bits per heavy atom. The molecular formula is C24H31F3N2O3. The molecule has 1 aromatic carbocycles. The molecule has 4 atom stereocenters. The fraction of sp³-hybridized carbons (Fsp3) is 0.667. The molecular weight excluding hydrogens is 421 g/mol. The van der Waals surface area contributed by atoms with Crippen molar-refractivity contribution in [1.29, 1.82) is 0 Å². The van der Waals surface area contributed by atoms with Gasteiger partial charge in [0.15, 0.2) is 0 Å². The Kier molecular flexibility index (Phi) is 6.52. The number of amides is 2. The van der Waals surface area contributed by atoms with E-state index in [2.05, 4.69) is 18.7 Å². The van der Waals surface area contributed by atoms with E-state index >= 15 is 0 Å². The molecule has 8 heteroatoms. The first-order valence-electron chi connectivity index (χ1n) is 11.5. The van der Waals surface area contributed by atoms with Crippen LogP contribution in [-0.4, -0.2) is 59.5 Å². The van der Waals surface area contributed by atoms with Gasteiger partial charge in [-0.05, 0) is 48.8 Å². The molecule has 2 unspecified atom stereocenters. The van der Waals surface area contributed by atoms with E-state index < -0.39 is 11.7 Å². The number of carbonyl (C=O) groups excluding carboxylic acids is 2. The van der Waals surface area contributed by atoms with Crippen molar-refractivity contribution < 1.29 is 27.5 Å². The zero-order valence-electron chi connectivity index (χ0n) is 18.6. The summed E-state index contributed by atoms with van der Waals surface area (Å²) in [5, 5.41) is 0. The molecule has 3 saturated heterocycles. The molecule has 0 aliphatic carbocycles. The molecule has 3 aliphatic rings. The van der Waals surface area contributed by atoms with Gasteiger partial charge in [0.25, 0.3) is 0 Å². The summed E-state index contributed by atoms with van der Waals surface area (Å²) in [5.74, 6) is 0.702. The van der Waals surface area contributed by atoms with Gasteiger partial charge in [-0.2, -0.15) is 13.2 Å². The highest BCUT2D eigenvalue weighted by atomic mass is 19.4. The number of halogens is 3. The second-order valence-electron chi connectivity index (χ2n) is 9.60. The van der Waals surface area contributed by atoms with E-state index in [1.54, 1.807) is 0 Å². The highest BCUT2D eigenvalue weighted by molar-refractivity contribution is 5.79. The monoisotopic (exact) mass is 452 g/mol. The molecule has 0 N–H and O–H groups in total. The summed E-state index contributed by atoms with van der Waals surface area (Å²) in [4.78, 5) is 29.7. The molecule has 0 aromatic heterocycles. The fourth-order valence-corrected chi connectivity index (χ4v) is 5.41. The number of piperidine rings is 1. The summed E-state index contributed by atoms with van der Waals surface area (Å²) in [5.41, 5.74) is 0.0335. The van der Waals surface area contributed by atoms with Crippen molar-refractivity contribution in [3.05, 3.63) is 35.4 Å². The van der Waals surface area contributed by atoms with E-state index in [0.717, 1.165) is 18.6 Å². The molecule has 2 amide bonds. The molecule has 176 valence electrons. The van der Waals surface area contributed by atoms with E-state index in [1.165, 1.54) is 12.1 Å². The molecule has 3 aliphatic heterocycles. The minimum Gasteiger partial charge on any atom is -0.374 e. The van der Waals surface area contributed by atoms with Crippen LogP contribution in [0.25, 0.3) is 0 Å². The van der Waals surface area contributed by atoms with Crippen LogP contribution in [0, 0.1) is 11.8 Å². The van der Waals surface area contributed by atoms with Crippen LogP contribution in [0.3, 0.4) is 0 Å². The summed E-state index contributed by atoms with van der Waals surface area (Å²) >= 11 is 0. The molecule has 5 nitrogen and oxygen atoms in total. The number of nitrogens with zero attached hydrogens (tertiary/aromatic N) is 2. The lowest BCUT2D eigenvalue weighted by molar-refractivity contribution is -0.172. The number of ether oxygens (including phenoxy) is 1. The molecule has 1 aromatic rings. The van der Waals surface area contributed by atoms with Crippen molar-refractivity contribution in [2.24, 2.45) is 11.8 Å². The van der Waals surface area contributed by atoms with Crippen molar-refractivity contribution in [3.8, 4) is 0 Å². The van der Waals surface area contributed by atoms with Gasteiger partial charge in [-0.15, -0.1) is 0 Å². The van der Waals surface area contributed by atoms with Crippen LogP contribution in [0.15, 0.2) is 24.3 Å². The van der Waals surface area contributed by atoms with Crippen LogP contribution in [0.5, 0.6) is 0 Å². The van der Waals surface area contributed by atoms with Crippen LogP contribution >= 0.6 is 0 Å². The minimum absolute atomic E-state index is 0.00686. The topological polar surface area (TPSA) is 49.9 Å². The Balaban J connectivity index is 1.41. The lowest BCUT2D eigenvalue weighted by Gasteiger charge is -2.52. The third-order valence-corrected chi connectivity index (χ3v) is 7.21. The van der Waals surface area contributed by atoms with Crippen molar-refractivity contribution in [3.63, 3.8) is 0 Å². The maximum atomic E-state index is 13.0. The van der Waals surface area contributed by atoms with Crippen molar-refractivity contribution in [2.75, 3.05) is 19.7 Å². The molecule has 0 spiro atoms. The molecule has 0 radical (unpaired) electrons. The average Bonchev–Trinajstić information content (AvgIpc) is 2.94. The van der Waals surface area contributed by atoms with Crippen LogP contribution in [0.1, 0.15) is 50.7 Å². The third kappa shape index (κ3) is 4.65. The average molecular weight is 453 g/mol. The zero-order chi connectivity index (χ0) is 23.0.